The Kier molecular flexibility index (Phi) is 4.02. The summed E-state index contributed by atoms with van der Waals surface area (Å²) in [6.45, 7) is 6.93. The van der Waals surface area contributed by atoms with Crippen molar-refractivity contribution in [2.75, 3.05) is 20.2 Å². The quantitative estimate of drug-likeness (QED) is 0.643. The highest BCUT2D eigenvalue weighted by atomic mass is 16.5. The third-order valence-electron chi connectivity index (χ3n) is 3.02. The number of piperidine rings is 1. The highest BCUT2D eigenvalue weighted by Gasteiger charge is 2.20. The van der Waals surface area contributed by atoms with E-state index in [1.165, 1.54) is 32.4 Å². The lowest BCUT2D eigenvalue weighted by Gasteiger charge is -2.35. The van der Waals surface area contributed by atoms with E-state index in [4.69, 9.17) is 4.74 Å². The zero-order valence-electron chi connectivity index (χ0n) is 8.55. The van der Waals surface area contributed by atoms with Crippen LogP contribution in [-0.4, -0.2) is 37.2 Å². The topological polar surface area (TPSA) is 12.5 Å². The minimum atomic E-state index is 0.364. The van der Waals surface area contributed by atoms with E-state index in [1.807, 2.05) is 0 Å². The van der Waals surface area contributed by atoms with Crippen LogP contribution in [0.5, 0.6) is 0 Å². The molecule has 2 atom stereocenters. The second kappa shape index (κ2) is 4.83. The number of rotatable bonds is 3. The monoisotopic (exact) mass is 171 g/mol. The van der Waals surface area contributed by atoms with Gasteiger partial charge in [0, 0.05) is 13.2 Å². The van der Waals surface area contributed by atoms with Crippen LogP contribution in [0.25, 0.3) is 0 Å². The number of methoxy groups -OCH3 is 1. The first-order valence-electron chi connectivity index (χ1n) is 5.02. The van der Waals surface area contributed by atoms with E-state index in [-0.39, 0.29) is 0 Å². The molecule has 0 aromatic carbocycles. The number of hydrogen-bond donors (Lipinski definition) is 0. The van der Waals surface area contributed by atoms with E-state index >= 15 is 0 Å². The molecule has 1 aliphatic heterocycles. The molecule has 0 amide bonds. The summed E-state index contributed by atoms with van der Waals surface area (Å²) in [4.78, 5) is 2.54. The third-order valence-corrected chi connectivity index (χ3v) is 3.02. The van der Waals surface area contributed by atoms with Crippen LogP contribution in [-0.2, 0) is 4.74 Å². The Bertz CT molecular complexity index is 121. The molecule has 0 N–H and O–H groups in total. The summed E-state index contributed by atoms with van der Waals surface area (Å²) >= 11 is 0. The van der Waals surface area contributed by atoms with Gasteiger partial charge in [-0.05, 0) is 39.8 Å². The molecule has 0 bridgehead atoms. The Morgan fingerprint density at radius 3 is 2.17 bits per heavy atom. The van der Waals surface area contributed by atoms with E-state index in [0.717, 1.165) is 0 Å². The van der Waals surface area contributed by atoms with Crippen molar-refractivity contribution in [1.82, 2.24) is 4.90 Å². The predicted octanol–water partition coefficient (Wildman–Crippen LogP) is 1.90. The van der Waals surface area contributed by atoms with Gasteiger partial charge in [0.2, 0.25) is 0 Å². The van der Waals surface area contributed by atoms with Crippen LogP contribution < -0.4 is 0 Å². The molecule has 0 aromatic rings. The standard InChI is InChI=1S/C10H21NO/c1-9(10(2)12-3)11-7-5-4-6-8-11/h9-10H,4-8H2,1-3H3. The fraction of sp³-hybridized carbons (Fsp3) is 1.00. The first-order valence-corrected chi connectivity index (χ1v) is 5.02. The Labute approximate surface area is 75.9 Å². The zero-order chi connectivity index (χ0) is 8.97. The van der Waals surface area contributed by atoms with Crippen molar-refractivity contribution in [1.29, 1.82) is 0 Å². The van der Waals surface area contributed by atoms with Crippen molar-refractivity contribution < 1.29 is 4.74 Å². The number of hydrogen-bond acceptors (Lipinski definition) is 2. The van der Waals surface area contributed by atoms with Gasteiger partial charge in [-0.1, -0.05) is 6.42 Å². The normalized spacial score (nSPS) is 25.2. The lowest BCUT2D eigenvalue weighted by Crippen LogP contribution is -2.43. The molecule has 0 saturated carbocycles. The molecule has 1 fully saturated rings. The molecule has 12 heavy (non-hydrogen) atoms. The molecule has 72 valence electrons. The molecule has 1 rings (SSSR count). The SMILES string of the molecule is COC(C)C(C)N1CCCCC1. The molecule has 1 saturated heterocycles. The molecular weight excluding hydrogens is 150 g/mol. The summed E-state index contributed by atoms with van der Waals surface area (Å²) in [5.41, 5.74) is 0. The van der Waals surface area contributed by atoms with Crippen LogP contribution >= 0.6 is 0 Å². The fourth-order valence-electron chi connectivity index (χ4n) is 1.82. The van der Waals surface area contributed by atoms with Gasteiger partial charge in [-0.3, -0.25) is 4.90 Å². The van der Waals surface area contributed by atoms with Gasteiger partial charge in [0.1, 0.15) is 0 Å². The largest absolute Gasteiger partial charge is 0.380 e. The Morgan fingerprint density at radius 2 is 1.67 bits per heavy atom. The van der Waals surface area contributed by atoms with E-state index < -0.39 is 0 Å². The van der Waals surface area contributed by atoms with Crippen molar-refractivity contribution in [3.8, 4) is 0 Å². The van der Waals surface area contributed by atoms with Crippen LogP contribution in [0.1, 0.15) is 33.1 Å². The number of nitrogens with zero attached hydrogens (tertiary/aromatic N) is 1. The fourth-order valence-corrected chi connectivity index (χ4v) is 1.82. The van der Waals surface area contributed by atoms with Crippen molar-refractivity contribution in [2.24, 2.45) is 0 Å². The minimum Gasteiger partial charge on any atom is -0.380 e. The average Bonchev–Trinajstić information content (AvgIpc) is 2.17. The number of likely N-dealkylation sites (tertiary alicyclic amines) is 1. The molecule has 2 nitrogen and oxygen atoms in total. The van der Waals surface area contributed by atoms with Gasteiger partial charge in [0.05, 0.1) is 6.10 Å². The maximum absolute atomic E-state index is 5.32. The smallest absolute Gasteiger partial charge is 0.0695 e. The molecule has 2 heteroatoms. The van der Waals surface area contributed by atoms with Crippen molar-refractivity contribution in [3.05, 3.63) is 0 Å². The van der Waals surface area contributed by atoms with Gasteiger partial charge >= 0.3 is 0 Å². The molecule has 1 aliphatic rings. The molecule has 2 unspecified atom stereocenters. The van der Waals surface area contributed by atoms with Gasteiger partial charge in [0.25, 0.3) is 0 Å². The molecule has 0 radical (unpaired) electrons. The van der Waals surface area contributed by atoms with Crippen LogP contribution in [0.3, 0.4) is 0 Å². The van der Waals surface area contributed by atoms with E-state index in [9.17, 15) is 0 Å². The van der Waals surface area contributed by atoms with E-state index in [2.05, 4.69) is 18.7 Å². The highest BCUT2D eigenvalue weighted by molar-refractivity contribution is 4.75. The van der Waals surface area contributed by atoms with Crippen LogP contribution in [0.2, 0.25) is 0 Å². The maximum atomic E-state index is 5.32. The van der Waals surface area contributed by atoms with Crippen molar-refractivity contribution in [2.45, 2.75) is 45.3 Å². The van der Waals surface area contributed by atoms with Gasteiger partial charge in [-0.25, -0.2) is 0 Å². The Morgan fingerprint density at radius 1 is 1.08 bits per heavy atom. The first kappa shape index (κ1) is 10.0. The third kappa shape index (κ3) is 2.46. The highest BCUT2D eigenvalue weighted by Crippen LogP contribution is 2.14. The average molecular weight is 171 g/mol. The van der Waals surface area contributed by atoms with Crippen molar-refractivity contribution in [3.63, 3.8) is 0 Å². The zero-order valence-corrected chi connectivity index (χ0v) is 8.55. The lowest BCUT2D eigenvalue weighted by atomic mass is 10.1. The van der Waals surface area contributed by atoms with Gasteiger partial charge in [0.15, 0.2) is 0 Å². The van der Waals surface area contributed by atoms with Crippen molar-refractivity contribution >= 4 is 0 Å². The maximum Gasteiger partial charge on any atom is 0.0695 e. The molecule has 0 aliphatic carbocycles. The second-order valence-corrected chi connectivity index (χ2v) is 3.78. The Hall–Kier alpha value is -0.0800. The minimum absolute atomic E-state index is 0.364. The summed E-state index contributed by atoms with van der Waals surface area (Å²) in [5.74, 6) is 0. The van der Waals surface area contributed by atoms with Crippen LogP contribution in [0.15, 0.2) is 0 Å². The van der Waals surface area contributed by atoms with Gasteiger partial charge in [-0.15, -0.1) is 0 Å². The molecule has 0 aromatic heterocycles. The van der Waals surface area contributed by atoms with Gasteiger partial charge in [-0.2, -0.15) is 0 Å². The summed E-state index contributed by atoms with van der Waals surface area (Å²) in [7, 11) is 1.80. The van der Waals surface area contributed by atoms with Crippen LogP contribution in [0.4, 0.5) is 0 Å². The van der Waals surface area contributed by atoms with Gasteiger partial charge < -0.3 is 4.74 Å². The summed E-state index contributed by atoms with van der Waals surface area (Å²) < 4.78 is 5.32. The summed E-state index contributed by atoms with van der Waals surface area (Å²) in [5, 5.41) is 0. The van der Waals surface area contributed by atoms with Crippen LogP contribution in [0, 0.1) is 0 Å². The lowest BCUT2D eigenvalue weighted by molar-refractivity contribution is 0.0256. The second-order valence-electron chi connectivity index (χ2n) is 3.78. The Balaban J connectivity index is 2.33. The summed E-state index contributed by atoms with van der Waals surface area (Å²) in [6.07, 6.45) is 4.50. The molecular formula is C10H21NO. The first-order chi connectivity index (χ1) is 5.75. The molecule has 0 spiro atoms. The predicted molar refractivity (Wildman–Crippen MR) is 51.4 cm³/mol. The van der Waals surface area contributed by atoms with E-state index in [1.54, 1.807) is 7.11 Å². The van der Waals surface area contributed by atoms with E-state index in [0.29, 0.717) is 12.1 Å². The summed E-state index contributed by atoms with van der Waals surface area (Å²) in [6, 6.07) is 0.579. The number of ether oxygens (including phenoxy) is 1. The molecule has 1 heterocycles.